The normalized spacial score (nSPS) is 11.7. The highest BCUT2D eigenvalue weighted by molar-refractivity contribution is 5.86. The highest BCUT2D eigenvalue weighted by Gasteiger charge is 2.06. The minimum Gasteiger partial charge on any atom is -0.478 e. The average molecular weight is 198 g/mol. The number of nitrogens with zero attached hydrogens (tertiary/aromatic N) is 2. The molecule has 5 heteroatoms. The number of carboxylic acids is 1. The summed E-state index contributed by atoms with van der Waals surface area (Å²) in [5, 5.41) is 12.4. The Bertz CT molecular complexity index is 357. The minimum atomic E-state index is -1.03. The van der Waals surface area contributed by atoms with Gasteiger partial charge in [0, 0.05) is 6.20 Å². The second-order valence-electron chi connectivity index (χ2n) is 2.85. The molecule has 0 unspecified atom stereocenters. The lowest BCUT2D eigenvalue weighted by Crippen LogP contribution is -2.01. The van der Waals surface area contributed by atoms with Crippen LogP contribution >= 0.6 is 0 Å². The van der Waals surface area contributed by atoms with Gasteiger partial charge in [0.05, 0.1) is 24.6 Å². The van der Waals surface area contributed by atoms with Crippen molar-refractivity contribution in [2.45, 2.75) is 19.9 Å². The molecule has 0 atom stereocenters. The molecule has 0 bridgehead atoms. The van der Waals surface area contributed by atoms with E-state index in [1.807, 2.05) is 6.92 Å². The number of aromatic nitrogens is 2. The summed E-state index contributed by atoms with van der Waals surface area (Å²) in [6, 6.07) is 0. The smallest absolute Gasteiger partial charge is 0.338 e. The summed E-state index contributed by atoms with van der Waals surface area (Å²) in [6.45, 7) is 2.12. The number of allylic oxidation sites excluding steroid dienone is 1. The van der Waals surface area contributed by atoms with Crippen molar-refractivity contribution in [2.24, 2.45) is 0 Å². The molecule has 14 heavy (non-hydrogen) atoms. The van der Waals surface area contributed by atoms with E-state index in [2.05, 4.69) is 5.10 Å². The van der Waals surface area contributed by atoms with Gasteiger partial charge in [0.15, 0.2) is 0 Å². The lowest BCUT2D eigenvalue weighted by atomic mass is 10.2. The van der Waals surface area contributed by atoms with Crippen LogP contribution < -0.4 is 0 Å². The third-order valence-electron chi connectivity index (χ3n) is 1.85. The molecule has 76 valence electrons. The van der Waals surface area contributed by atoms with Crippen LogP contribution in [0, 0.1) is 0 Å². The Balaban J connectivity index is 2.73. The zero-order chi connectivity index (χ0) is 10.6. The molecule has 0 aliphatic heterocycles. The van der Waals surface area contributed by atoms with E-state index in [4.69, 9.17) is 5.11 Å². The maximum Gasteiger partial charge on any atom is 0.338 e. The second-order valence-corrected chi connectivity index (χ2v) is 2.85. The van der Waals surface area contributed by atoms with Crippen molar-refractivity contribution in [1.82, 2.24) is 9.78 Å². The number of carbonyl (C=O) groups is 1. The molecular formula is C9H11FN2O2. The molecule has 1 rings (SSSR count). The minimum absolute atomic E-state index is 0.110. The second kappa shape index (κ2) is 4.55. The molecule has 4 nitrogen and oxygen atoms in total. The first-order valence-electron chi connectivity index (χ1n) is 4.21. The van der Waals surface area contributed by atoms with Crippen LogP contribution in [0.4, 0.5) is 4.39 Å². The van der Waals surface area contributed by atoms with Crippen LogP contribution in [0.2, 0.25) is 0 Å². The molecule has 0 amide bonds. The Kier molecular flexibility index (Phi) is 3.39. The third-order valence-corrected chi connectivity index (χ3v) is 1.85. The Morgan fingerprint density at radius 3 is 2.93 bits per heavy atom. The number of carboxylic acid groups (broad SMARTS) is 1. The molecule has 0 radical (unpaired) electrons. The molecular weight excluding hydrogens is 187 g/mol. The van der Waals surface area contributed by atoms with Crippen LogP contribution in [0.5, 0.6) is 0 Å². The maximum atomic E-state index is 12.2. The summed E-state index contributed by atoms with van der Waals surface area (Å²) < 4.78 is 13.6. The quantitative estimate of drug-likeness (QED) is 0.803. The van der Waals surface area contributed by atoms with E-state index in [1.165, 1.54) is 17.1 Å². The van der Waals surface area contributed by atoms with Crippen molar-refractivity contribution in [3.63, 3.8) is 0 Å². The topological polar surface area (TPSA) is 55.1 Å². The fourth-order valence-corrected chi connectivity index (χ4v) is 0.992. The first kappa shape index (κ1) is 10.4. The number of hydrogen-bond donors (Lipinski definition) is 1. The van der Waals surface area contributed by atoms with E-state index in [1.54, 1.807) is 0 Å². The number of rotatable bonds is 4. The van der Waals surface area contributed by atoms with Crippen LogP contribution in [0.3, 0.4) is 0 Å². The van der Waals surface area contributed by atoms with Crippen LogP contribution in [0.25, 0.3) is 0 Å². The zero-order valence-electron chi connectivity index (χ0n) is 7.77. The molecule has 0 aliphatic rings. The fraction of sp³-hybridized carbons (Fsp3) is 0.333. The van der Waals surface area contributed by atoms with Gasteiger partial charge >= 0.3 is 5.97 Å². The van der Waals surface area contributed by atoms with Crippen molar-refractivity contribution in [3.8, 4) is 0 Å². The largest absolute Gasteiger partial charge is 0.478 e. The van der Waals surface area contributed by atoms with Gasteiger partial charge in [0.1, 0.15) is 0 Å². The molecule has 0 spiro atoms. The summed E-state index contributed by atoms with van der Waals surface area (Å²) in [6.07, 6.45) is 3.73. The van der Waals surface area contributed by atoms with Gasteiger partial charge < -0.3 is 5.11 Å². The van der Waals surface area contributed by atoms with Crippen molar-refractivity contribution >= 4 is 5.97 Å². The van der Waals surface area contributed by atoms with Crippen LogP contribution in [-0.2, 0) is 6.54 Å². The van der Waals surface area contributed by atoms with Crippen molar-refractivity contribution in [2.75, 3.05) is 0 Å². The molecule has 0 fully saturated rings. The van der Waals surface area contributed by atoms with Crippen LogP contribution in [-0.4, -0.2) is 20.9 Å². The van der Waals surface area contributed by atoms with Gasteiger partial charge in [0.25, 0.3) is 0 Å². The fourth-order valence-electron chi connectivity index (χ4n) is 0.992. The Hall–Kier alpha value is -1.65. The number of hydrogen-bond acceptors (Lipinski definition) is 2. The first-order valence-corrected chi connectivity index (χ1v) is 4.21. The summed E-state index contributed by atoms with van der Waals surface area (Å²) in [7, 11) is 0. The summed E-state index contributed by atoms with van der Waals surface area (Å²) in [5.74, 6) is -1.03. The lowest BCUT2D eigenvalue weighted by Gasteiger charge is -2.01. The molecule has 1 heterocycles. The molecule has 0 saturated carbocycles. The Morgan fingerprint density at radius 1 is 1.79 bits per heavy atom. The van der Waals surface area contributed by atoms with E-state index in [0.29, 0.717) is 24.9 Å². The first-order chi connectivity index (χ1) is 6.67. The predicted octanol–water partition coefficient (Wildman–Crippen LogP) is 1.84. The van der Waals surface area contributed by atoms with Gasteiger partial charge in [0.2, 0.25) is 0 Å². The summed E-state index contributed by atoms with van der Waals surface area (Å²) in [5.41, 5.74) is 0.685. The van der Waals surface area contributed by atoms with E-state index in [-0.39, 0.29) is 5.56 Å². The van der Waals surface area contributed by atoms with Crippen molar-refractivity contribution in [3.05, 3.63) is 29.9 Å². The van der Waals surface area contributed by atoms with Crippen molar-refractivity contribution in [1.29, 1.82) is 0 Å². The SMILES string of the molecule is CC/C(=C\F)Cn1cc(C(=O)O)cn1. The molecule has 1 N–H and O–H groups in total. The van der Waals surface area contributed by atoms with Gasteiger partial charge in [-0.2, -0.15) is 5.10 Å². The van der Waals surface area contributed by atoms with Gasteiger partial charge in [-0.1, -0.05) is 6.92 Å². The molecule has 1 aromatic heterocycles. The van der Waals surface area contributed by atoms with Crippen LogP contribution in [0.15, 0.2) is 24.3 Å². The predicted molar refractivity (Wildman–Crippen MR) is 48.7 cm³/mol. The van der Waals surface area contributed by atoms with Crippen LogP contribution in [0.1, 0.15) is 23.7 Å². The van der Waals surface area contributed by atoms with E-state index < -0.39 is 5.97 Å². The summed E-state index contributed by atoms with van der Waals surface area (Å²) >= 11 is 0. The molecule has 0 saturated heterocycles. The number of halogens is 1. The average Bonchev–Trinajstić information content (AvgIpc) is 2.62. The van der Waals surface area contributed by atoms with Gasteiger partial charge in [-0.15, -0.1) is 0 Å². The van der Waals surface area contributed by atoms with E-state index >= 15 is 0 Å². The Morgan fingerprint density at radius 2 is 2.50 bits per heavy atom. The van der Waals surface area contributed by atoms with Gasteiger partial charge in [-0.25, -0.2) is 9.18 Å². The summed E-state index contributed by atoms with van der Waals surface area (Å²) in [4.78, 5) is 10.5. The van der Waals surface area contributed by atoms with Gasteiger partial charge in [-0.05, 0) is 12.0 Å². The maximum absolute atomic E-state index is 12.2. The molecule has 1 aromatic rings. The molecule has 0 aliphatic carbocycles. The van der Waals surface area contributed by atoms with Crippen molar-refractivity contribution < 1.29 is 14.3 Å². The Labute approximate surface area is 80.7 Å². The van der Waals surface area contributed by atoms with Gasteiger partial charge in [-0.3, -0.25) is 4.68 Å². The van der Waals surface area contributed by atoms with E-state index in [9.17, 15) is 9.18 Å². The highest BCUT2D eigenvalue weighted by atomic mass is 19.1. The monoisotopic (exact) mass is 198 g/mol. The lowest BCUT2D eigenvalue weighted by molar-refractivity contribution is 0.0697. The zero-order valence-corrected chi connectivity index (χ0v) is 7.77. The van der Waals surface area contributed by atoms with E-state index in [0.717, 1.165) is 0 Å². The number of aromatic carboxylic acids is 1. The molecule has 0 aromatic carbocycles. The third kappa shape index (κ3) is 2.42. The highest BCUT2D eigenvalue weighted by Crippen LogP contribution is 2.06. The standard InChI is InChI=1S/C9H11FN2O2/c1-2-7(3-10)5-12-6-8(4-11-12)9(13)14/h3-4,6H,2,5H2,1H3,(H,13,14)/b7-3+.